The van der Waals surface area contributed by atoms with Gasteiger partial charge in [0.25, 0.3) is 0 Å². The molecule has 176 valence electrons. The second-order valence-corrected chi connectivity index (χ2v) is 8.73. The molecule has 0 unspecified atom stereocenters. The predicted octanol–water partition coefficient (Wildman–Crippen LogP) is 4.41. The summed E-state index contributed by atoms with van der Waals surface area (Å²) in [5.74, 6) is 0.200. The molecule has 0 spiro atoms. The predicted molar refractivity (Wildman–Crippen MR) is 119 cm³/mol. The third-order valence-corrected chi connectivity index (χ3v) is 6.38. The number of aromatic nitrogens is 1. The van der Waals surface area contributed by atoms with Gasteiger partial charge in [-0.2, -0.15) is 13.2 Å². The molecule has 0 radical (unpaired) electrons. The van der Waals surface area contributed by atoms with Crippen molar-refractivity contribution in [2.45, 2.75) is 38.4 Å². The van der Waals surface area contributed by atoms with E-state index < -0.39 is 11.7 Å². The van der Waals surface area contributed by atoms with E-state index in [9.17, 15) is 22.8 Å². The number of hydrogen-bond acceptors (Lipinski definition) is 4. The molecular weight excluding hydrogens is 457 g/mol. The van der Waals surface area contributed by atoms with Crippen molar-refractivity contribution >= 4 is 34.9 Å². The number of hydrogen-bond donors (Lipinski definition) is 1. The Kier molecular flexibility index (Phi) is 6.78. The molecule has 1 N–H and O–H groups in total. The minimum Gasteiger partial charge on any atom is -0.355 e. The van der Waals surface area contributed by atoms with Gasteiger partial charge in [0, 0.05) is 50.4 Å². The number of anilines is 2. The topological polar surface area (TPSA) is 65.5 Å². The fraction of sp³-hybridized carbons (Fsp3) is 0.435. The zero-order valence-electron chi connectivity index (χ0n) is 17.9. The molecule has 2 saturated heterocycles. The monoisotopic (exact) mass is 480 g/mol. The number of halogens is 4. The highest BCUT2D eigenvalue weighted by molar-refractivity contribution is 6.33. The van der Waals surface area contributed by atoms with Crippen molar-refractivity contribution in [1.82, 2.24) is 10.3 Å². The van der Waals surface area contributed by atoms with Crippen LogP contribution in [0.3, 0.4) is 0 Å². The molecule has 4 rings (SSSR count). The smallest absolute Gasteiger partial charge is 0.355 e. The maximum Gasteiger partial charge on any atom is 0.417 e. The first kappa shape index (κ1) is 23.4. The van der Waals surface area contributed by atoms with Crippen LogP contribution >= 0.6 is 11.6 Å². The summed E-state index contributed by atoms with van der Waals surface area (Å²) in [6.07, 6.45) is -1.15. The first-order valence-corrected chi connectivity index (χ1v) is 11.2. The normalized spacial score (nSPS) is 17.5. The summed E-state index contributed by atoms with van der Waals surface area (Å²) in [4.78, 5) is 31.9. The van der Waals surface area contributed by atoms with Crippen LogP contribution in [0.1, 0.15) is 36.8 Å². The summed E-state index contributed by atoms with van der Waals surface area (Å²) in [6, 6.07) is 8.48. The Morgan fingerprint density at radius 3 is 2.42 bits per heavy atom. The van der Waals surface area contributed by atoms with Crippen molar-refractivity contribution in [3.63, 3.8) is 0 Å². The maximum atomic E-state index is 12.8. The summed E-state index contributed by atoms with van der Waals surface area (Å²) >= 11 is 6.04. The highest BCUT2D eigenvalue weighted by atomic mass is 35.5. The second kappa shape index (κ2) is 9.59. The van der Waals surface area contributed by atoms with Gasteiger partial charge < -0.3 is 15.1 Å². The van der Waals surface area contributed by atoms with Crippen LogP contribution in [0.5, 0.6) is 0 Å². The third kappa shape index (κ3) is 5.40. The lowest BCUT2D eigenvalue weighted by Gasteiger charge is -2.32. The van der Waals surface area contributed by atoms with Gasteiger partial charge >= 0.3 is 6.18 Å². The van der Waals surface area contributed by atoms with Crippen molar-refractivity contribution in [2.24, 2.45) is 5.92 Å². The van der Waals surface area contributed by atoms with E-state index in [-0.39, 0.29) is 22.8 Å². The van der Waals surface area contributed by atoms with Crippen molar-refractivity contribution < 1.29 is 22.8 Å². The summed E-state index contributed by atoms with van der Waals surface area (Å²) < 4.78 is 38.4. The zero-order chi connectivity index (χ0) is 23.6. The van der Waals surface area contributed by atoms with Gasteiger partial charge in [-0.3, -0.25) is 9.59 Å². The molecule has 0 atom stereocenters. The van der Waals surface area contributed by atoms with Crippen LogP contribution in [-0.4, -0.2) is 36.4 Å². The first-order valence-electron chi connectivity index (χ1n) is 10.9. The number of amides is 2. The lowest BCUT2D eigenvalue weighted by Crippen LogP contribution is -2.40. The Labute approximate surface area is 194 Å². The first-order chi connectivity index (χ1) is 15.7. The molecule has 0 saturated carbocycles. The Morgan fingerprint density at radius 1 is 1.15 bits per heavy atom. The Hall–Kier alpha value is -2.81. The average Bonchev–Trinajstić information content (AvgIpc) is 3.23. The van der Waals surface area contributed by atoms with Gasteiger partial charge in [0.05, 0.1) is 10.6 Å². The number of benzene rings is 1. The van der Waals surface area contributed by atoms with E-state index in [0.717, 1.165) is 36.5 Å². The molecule has 1 aromatic heterocycles. The van der Waals surface area contributed by atoms with Gasteiger partial charge in [-0.05, 0) is 43.0 Å². The van der Waals surface area contributed by atoms with Crippen LogP contribution in [0.25, 0.3) is 0 Å². The Morgan fingerprint density at radius 2 is 1.85 bits per heavy atom. The highest BCUT2D eigenvalue weighted by Crippen LogP contribution is 2.34. The van der Waals surface area contributed by atoms with E-state index >= 15 is 0 Å². The molecule has 6 nitrogen and oxygen atoms in total. The molecule has 10 heteroatoms. The standard InChI is InChI=1S/C23H24ClF3N4O2/c24-19-12-17(23(25,26)27)14-28-21(19)30-10-7-16(8-11-30)22(33)29-13-15-3-5-18(6-4-15)31-9-1-2-20(31)32/h3-6,12,14,16H,1-2,7-11,13H2,(H,29,33). The van der Waals surface area contributed by atoms with Crippen molar-refractivity contribution in [2.75, 3.05) is 29.4 Å². The number of carbonyl (C=O) groups is 2. The summed E-state index contributed by atoms with van der Waals surface area (Å²) in [5, 5.41) is 2.90. The molecule has 0 aliphatic carbocycles. The van der Waals surface area contributed by atoms with E-state index in [1.807, 2.05) is 29.2 Å². The molecule has 2 fully saturated rings. The number of nitrogens with zero attached hydrogens (tertiary/aromatic N) is 3. The van der Waals surface area contributed by atoms with E-state index in [0.29, 0.717) is 44.7 Å². The zero-order valence-corrected chi connectivity index (χ0v) is 18.6. The number of nitrogens with one attached hydrogen (secondary N) is 1. The molecule has 0 bridgehead atoms. The quantitative estimate of drug-likeness (QED) is 0.688. The second-order valence-electron chi connectivity index (χ2n) is 8.32. The van der Waals surface area contributed by atoms with Gasteiger partial charge in [-0.1, -0.05) is 23.7 Å². The van der Waals surface area contributed by atoms with Crippen molar-refractivity contribution in [3.05, 3.63) is 52.7 Å². The molecule has 2 aliphatic rings. The number of piperidine rings is 1. The highest BCUT2D eigenvalue weighted by Gasteiger charge is 2.33. The molecule has 33 heavy (non-hydrogen) atoms. The number of rotatable bonds is 5. The molecular formula is C23H24ClF3N4O2. The number of carbonyl (C=O) groups excluding carboxylic acids is 2. The molecule has 2 aromatic rings. The number of alkyl halides is 3. The van der Waals surface area contributed by atoms with Crippen LogP contribution in [-0.2, 0) is 22.3 Å². The molecule has 2 amide bonds. The van der Waals surface area contributed by atoms with E-state index in [4.69, 9.17) is 11.6 Å². The minimum absolute atomic E-state index is 0.0493. The van der Waals surface area contributed by atoms with Crippen LogP contribution < -0.4 is 15.1 Å². The Bertz CT molecular complexity index is 1020. The van der Waals surface area contributed by atoms with E-state index in [2.05, 4.69) is 10.3 Å². The fourth-order valence-corrected chi connectivity index (χ4v) is 4.51. The largest absolute Gasteiger partial charge is 0.417 e. The minimum atomic E-state index is -4.49. The van der Waals surface area contributed by atoms with Gasteiger partial charge in [-0.15, -0.1) is 0 Å². The maximum absolute atomic E-state index is 12.8. The molecule has 2 aliphatic heterocycles. The van der Waals surface area contributed by atoms with Gasteiger partial charge in [0.15, 0.2) is 0 Å². The van der Waals surface area contributed by atoms with Gasteiger partial charge in [0.1, 0.15) is 5.82 Å². The Balaban J connectivity index is 1.27. The van der Waals surface area contributed by atoms with Crippen LogP contribution in [0.4, 0.5) is 24.7 Å². The number of pyridine rings is 1. The lowest BCUT2D eigenvalue weighted by atomic mass is 9.95. The molecule has 3 heterocycles. The van der Waals surface area contributed by atoms with Crippen LogP contribution in [0.15, 0.2) is 36.5 Å². The van der Waals surface area contributed by atoms with Crippen LogP contribution in [0.2, 0.25) is 5.02 Å². The van der Waals surface area contributed by atoms with E-state index in [1.165, 1.54) is 0 Å². The van der Waals surface area contributed by atoms with Crippen molar-refractivity contribution in [3.8, 4) is 0 Å². The summed E-state index contributed by atoms with van der Waals surface area (Å²) in [5.41, 5.74) is 0.929. The van der Waals surface area contributed by atoms with E-state index in [1.54, 1.807) is 4.90 Å². The molecule has 1 aromatic carbocycles. The average molecular weight is 481 g/mol. The van der Waals surface area contributed by atoms with Crippen molar-refractivity contribution in [1.29, 1.82) is 0 Å². The fourth-order valence-electron chi connectivity index (χ4n) is 4.22. The lowest BCUT2D eigenvalue weighted by molar-refractivity contribution is -0.137. The van der Waals surface area contributed by atoms with Crippen LogP contribution in [0, 0.1) is 5.92 Å². The third-order valence-electron chi connectivity index (χ3n) is 6.10. The summed E-state index contributed by atoms with van der Waals surface area (Å²) in [6.45, 7) is 2.09. The summed E-state index contributed by atoms with van der Waals surface area (Å²) in [7, 11) is 0. The van der Waals surface area contributed by atoms with Gasteiger partial charge in [0.2, 0.25) is 11.8 Å². The van der Waals surface area contributed by atoms with Gasteiger partial charge in [-0.25, -0.2) is 4.98 Å². The SMILES string of the molecule is O=C(NCc1ccc(N2CCCC2=O)cc1)C1CCN(c2ncc(C(F)(F)F)cc2Cl)CC1.